The van der Waals surface area contributed by atoms with Crippen LogP contribution < -0.4 is 9.64 Å². The molecule has 3 nitrogen and oxygen atoms in total. The van der Waals surface area contributed by atoms with Crippen molar-refractivity contribution in [2.24, 2.45) is 5.92 Å². The quantitative estimate of drug-likeness (QED) is 0.790. The molecule has 0 radical (unpaired) electrons. The van der Waals surface area contributed by atoms with Crippen LogP contribution in [0.15, 0.2) is 18.2 Å². The summed E-state index contributed by atoms with van der Waals surface area (Å²) >= 11 is 2.26. The molecule has 0 atom stereocenters. The van der Waals surface area contributed by atoms with Gasteiger partial charge in [0.05, 0.1) is 5.69 Å². The second-order valence-corrected chi connectivity index (χ2v) is 5.92. The summed E-state index contributed by atoms with van der Waals surface area (Å²) < 4.78 is 6.58. The molecule has 17 heavy (non-hydrogen) atoms. The van der Waals surface area contributed by atoms with Crippen LogP contribution >= 0.6 is 22.6 Å². The maximum atomic E-state index is 11.9. The molecule has 1 amide bonds. The number of benzene rings is 1. The summed E-state index contributed by atoms with van der Waals surface area (Å²) in [5, 5.41) is 0. The van der Waals surface area contributed by atoms with E-state index in [-0.39, 0.29) is 12.5 Å². The number of anilines is 1. The third-order valence-electron chi connectivity index (χ3n) is 3.32. The summed E-state index contributed by atoms with van der Waals surface area (Å²) in [5.74, 6) is 1.76. The first-order chi connectivity index (χ1) is 8.24. The predicted octanol–water partition coefficient (Wildman–Crippen LogP) is 2.82. The lowest BCUT2D eigenvalue weighted by Gasteiger charge is -2.29. The first-order valence-corrected chi connectivity index (χ1v) is 7.04. The standard InChI is InChI=1S/C13H14INO2/c14-10-3-4-12-11(7-10)15(13(16)8-17-12)6-5-9-1-2-9/h3-4,7,9H,1-2,5-6,8H2. The number of nitrogens with zero attached hydrogens (tertiary/aromatic N) is 1. The summed E-state index contributed by atoms with van der Waals surface area (Å²) in [6.07, 6.45) is 3.78. The van der Waals surface area contributed by atoms with E-state index in [0.717, 1.165) is 33.9 Å². The van der Waals surface area contributed by atoms with Crippen molar-refractivity contribution in [3.05, 3.63) is 21.8 Å². The fraction of sp³-hybridized carbons (Fsp3) is 0.462. The summed E-state index contributed by atoms with van der Waals surface area (Å²) in [4.78, 5) is 13.8. The molecular weight excluding hydrogens is 329 g/mol. The van der Waals surface area contributed by atoms with E-state index in [4.69, 9.17) is 4.74 Å². The van der Waals surface area contributed by atoms with Crippen molar-refractivity contribution in [3.8, 4) is 5.75 Å². The average molecular weight is 343 g/mol. The predicted molar refractivity (Wildman–Crippen MR) is 74.3 cm³/mol. The van der Waals surface area contributed by atoms with Gasteiger partial charge >= 0.3 is 0 Å². The van der Waals surface area contributed by atoms with Gasteiger partial charge in [0.2, 0.25) is 0 Å². The van der Waals surface area contributed by atoms with Crippen molar-refractivity contribution in [2.45, 2.75) is 19.3 Å². The van der Waals surface area contributed by atoms with Gasteiger partial charge in [-0.1, -0.05) is 12.8 Å². The van der Waals surface area contributed by atoms with Gasteiger partial charge in [0, 0.05) is 10.1 Å². The smallest absolute Gasteiger partial charge is 0.265 e. The zero-order chi connectivity index (χ0) is 11.8. The highest BCUT2D eigenvalue weighted by atomic mass is 127. The molecule has 90 valence electrons. The van der Waals surface area contributed by atoms with E-state index in [1.54, 1.807) is 0 Å². The lowest BCUT2D eigenvalue weighted by molar-refractivity contribution is -0.121. The Morgan fingerprint density at radius 1 is 1.41 bits per heavy atom. The van der Waals surface area contributed by atoms with E-state index in [0.29, 0.717) is 0 Å². The molecule has 1 aliphatic carbocycles. The summed E-state index contributed by atoms with van der Waals surface area (Å²) in [6, 6.07) is 5.99. The van der Waals surface area contributed by atoms with Crippen molar-refractivity contribution in [1.29, 1.82) is 0 Å². The molecule has 0 bridgehead atoms. The Balaban J connectivity index is 1.85. The molecule has 1 fully saturated rings. The number of hydrogen-bond acceptors (Lipinski definition) is 2. The van der Waals surface area contributed by atoms with Gasteiger partial charge in [-0.05, 0) is 53.1 Å². The highest BCUT2D eigenvalue weighted by molar-refractivity contribution is 14.1. The number of ether oxygens (including phenoxy) is 1. The number of amides is 1. The Bertz CT molecular complexity index is 457. The average Bonchev–Trinajstić information content (AvgIpc) is 3.11. The van der Waals surface area contributed by atoms with E-state index in [9.17, 15) is 4.79 Å². The maximum absolute atomic E-state index is 11.9. The van der Waals surface area contributed by atoms with Gasteiger partial charge in [0.25, 0.3) is 5.91 Å². The molecule has 3 rings (SSSR count). The van der Waals surface area contributed by atoms with Crippen LogP contribution in [0, 0.1) is 9.49 Å². The molecule has 1 saturated carbocycles. The van der Waals surface area contributed by atoms with Crippen molar-refractivity contribution >= 4 is 34.2 Å². The molecule has 2 aliphatic rings. The SMILES string of the molecule is O=C1COc2ccc(I)cc2N1CCC1CC1. The van der Waals surface area contributed by atoms with Gasteiger partial charge in [0.1, 0.15) is 5.75 Å². The molecule has 4 heteroatoms. The van der Waals surface area contributed by atoms with Gasteiger partial charge in [0.15, 0.2) is 6.61 Å². The van der Waals surface area contributed by atoms with Gasteiger partial charge in [-0.2, -0.15) is 0 Å². The Morgan fingerprint density at radius 2 is 2.24 bits per heavy atom. The molecule has 0 unspecified atom stereocenters. The lowest BCUT2D eigenvalue weighted by atomic mass is 10.2. The van der Waals surface area contributed by atoms with Crippen LogP contribution in [0.3, 0.4) is 0 Å². The summed E-state index contributed by atoms with van der Waals surface area (Å²) in [5.41, 5.74) is 0.939. The van der Waals surface area contributed by atoms with E-state index < -0.39 is 0 Å². The molecule has 0 N–H and O–H groups in total. The van der Waals surface area contributed by atoms with Crippen molar-refractivity contribution in [3.63, 3.8) is 0 Å². The minimum absolute atomic E-state index is 0.0835. The summed E-state index contributed by atoms with van der Waals surface area (Å²) in [6.45, 7) is 1.01. The van der Waals surface area contributed by atoms with Crippen LogP contribution in [0.1, 0.15) is 19.3 Å². The number of carbonyl (C=O) groups excluding carboxylic acids is 1. The fourth-order valence-electron chi connectivity index (χ4n) is 2.14. The largest absolute Gasteiger partial charge is 0.482 e. The highest BCUT2D eigenvalue weighted by Crippen LogP contribution is 2.36. The Kier molecular flexibility index (Phi) is 2.98. The van der Waals surface area contributed by atoms with Gasteiger partial charge in [-0.25, -0.2) is 0 Å². The molecule has 0 saturated heterocycles. The molecule has 1 aliphatic heterocycles. The highest BCUT2D eigenvalue weighted by Gasteiger charge is 2.28. The van der Waals surface area contributed by atoms with Crippen molar-refractivity contribution in [2.75, 3.05) is 18.1 Å². The van der Waals surface area contributed by atoms with E-state index >= 15 is 0 Å². The number of halogens is 1. The minimum Gasteiger partial charge on any atom is -0.482 e. The van der Waals surface area contributed by atoms with Gasteiger partial charge < -0.3 is 9.64 Å². The Morgan fingerprint density at radius 3 is 3.00 bits per heavy atom. The molecule has 0 aromatic heterocycles. The fourth-order valence-corrected chi connectivity index (χ4v) is 2.61. The number of fused-ring (bicyclic) bond motifs is 1. The molecule has 1 aromatic carbocycles. The second-order valence-electron chi connectivity index (χ2n) is 4.68. The maximum Gasteiger partial charge on any atom is 0.265 e. The zero-order valence-corrected chi connectivity index (χ0v) is 11.6. The molecular formula is C13H14INO2. The second kappa shape index (κ2) is 4.48. The Labute approximate surface area is 114 Å². The van der Waals surface area contributed by atoms with Gasteiger partial charge in [-0.3, -0.25) is 4.79 Å². The number of rotatable bonds is 3. The molecule has 1 heterocycles. The van der Waals surface area contributed by atoms with Crippen LogP contribution in [-0.2, 0) is 4.79 Å². The normalized spacial score (nSPS) is 18.9. The first-order valence-electron chi connectivity index (χ1n) is 5.97. The molecule has 0 spiro atoms. The monoisotopic (exact) mass is 343 g/mol. The van der Waals surface area contributed by atoms with Crippen LogP contribution in [0.25, 0.3) is 0 Å². The van der Waals surface area contributed by atoms with Crippen molar-refractivity contribution < 1.29 is 9.53 Å². The van der Waals surface area contributed by atoms with Crippen molar-refractivity contribution in [1.82, 2.24) is 0 Å². The lowest BCUT2D eigenvalue weighted by Crippen LogP contribution is -2.39. The van der Waals surface area contributed by atoms with E-state index in [1.165, 1.54) is 12.8 Å². The number of carbonyl (C=O) groups is 1. The topological polar surface area (TPSA) is 29.5 Å². The zero-order valence-electron chi connectivity index (χ0n) is 9.49. The Hall–Kier alpha value is -0.780. The third kappa shape index (κ3) is 2.41. The van der Waals surface area contributed by atoms with E-state index in [1.807, 2.05) is 23.1 Å². The van der Waals surface area contributed by atoms with Crippen LogP contribution in [0.4, 0.5) is 5.69 Å². The van der Waals surface area contributed by atoms with Crippen LogP contribution in [0.5, 0.6) is 5.75 Å². The number of hydrogen-bond donors (Lipinski definition) is 0. The van der Waals surface area contributed by atoms with E-state index in [2.05, 4.69) is 22.6 Å². The minimum atomic E-state index is 0.0835. The third-order valence-corrected chi connectivity index (χ3v) is 3.99. The molecule has 1 aromatic rings. The van der Waals surface area contributed by atoms with Crippen LogP contribution in [-0.4, -0.2) is 19.1 Å². The van der Waals surface area contributed by atoms with Crippen LogP contribution in [0.2, 0.25) is 0 Å². The first kappa shape index (κ1) is 11.3. The van der Waals surface area contributed by atoms with Gasteiger partial charge in [-0.15, -0.1) is 0 Å². The summed E-state index contributed by atoms with van der Waals surface area (Å²) in [7, 11) is 0.